The van der Waals surface area contributed by atoms with Gasteiger partial charge < -0.3 is 15.3 Å². The van der Waals surface area contributed by atoms with E-state index >= 15 is 0 Å². The van der Waals surface area contributed by atoms with Crippen molar-refractivity contribution in [3.05, 3.63) is 101 Å². The molecule has 2 N–H and O–H groups in total. The largest absolute Gasteiger partial charge is 0.508 e. The molecule has 2 heterocycles. The number of rotatable bonds is 7. The van der Waals surface area contributed by atoms with E-state index in [1.807, 2.05) is 77.0 Å². The summed E-state index contributed by atoms with van der Waals surface area (Å²) in [5.74, 6) is 0.368. The number of carbonyl (C=O) groups excluding carboxylic acids is 2. The molecule has 0 bridgehead atoms. The lowest BCUT2D eigenvalue weighted by Gasteiger charge is -2.31. The molecule has 1 aromatic heterocycles. The quantitative estimate of drug-likeness (QED) is 0.314. The monoisotopic (exact) mass is 511 g/mol. The van der Waals surface area contributed by atoms with Crippen LogP contribution in [0.5, 0.6) is 5.75 Å². The first-order valence-electron chi connectivity index (χ1n) is 12.5. The Morgan fingerprint density at radius 2 is 1.65 bits per heavy atom. The molecule has 1 fully saturated rings. The zero-order valence-electron chi connectivity index (χ0n) is 20.5. The van der Waals surface area contributed by atoms with Crippen molar-refractivity contribution in [1.29, 1.82) is 0 Å². The van der Waals surface area contributed by atoms with Gasteiger partial charge in [-0.05, 0) is 42.5 Å². The number of para-hydroxylation sites is 2. The maximum absolute atomic E-state index is 13.0. The molecule has 188 valence electrons. The molecule has 6 nitrogen and oxygen atoms in total. The van der Waals surface area contributed by atoms with Crippen LogP contribution in [-0.4, -0.2) is 39.9 Å². The van der Waals surface area contributed by atoms with E-state index < -0.39 is 0 Å². The topological polar surface area (TPSA) is 82.5 Å². The zero-order chi connectivity index (χ0) is 25.6. The van der Waals surface area contributed by atoms with Crippen molar-refractivity contribution in [2.45, 2.75) is 31.6 Å². The molecule has 0 radical (unpaired) electrons. The van der Waals surface area contributed by atoms with Gasteiger partial charge >= 0.3 is 0 Å². The van der Waals surface area contributed by atoms with Crippen LogP contribution < -0.4 is 5.32 Å². The number of aromatic nitrogens is 1. The minimum Gasteiger partial charge on any atom is -0.508 e. The third kappa shape index (κ3) is 5.89. The molecule has 4 aromatic rings. The van der Waals surface area contributed by atoms with Crippen molar-refractivity contribution in [2.24, 2.45) is 0 Å². The highest BCUT2D eigenvalue weighted by Gasteiger charge is 2.26. The van der Waals surface area contributed by atoms with E-state index in [9.17, 15) is 14.7 Å². The molecule has 0 saturated carbocycles. The Kier molecular flexibility index (Phi) is 7.61. The number of benzene rings is 3. The van der Waals surface area contributed by atoms with Gasteiger partial charge in [0.15, 0.2) is 0 Å². The normalized spacial score (nSPS) is 13.9. The van der Waals surface area contributed by atoms with Gasteiger partial charge in [0.2, 0.25) is 5.91 Å². The van der Waals surface area contributed by atoms with Gasteiger partial charge in [-0.3, -0.25) is 9.59 Å². The van der Waals surface area contributed by atoms with Gasteiger partial charge in [0, 0.05) is 42.1 Å². The van der Waals surface area contributed by atoms with Gasteiger partial charge in [-0.1, -0.05) is 66.7 Å². The summed E-state index contributed by atoms with van der Waals surface area (Å²) < 4.78 is 0. The lowest BCUT2D eigenvalue weighted by atomic mass is 9.97. The average molecular weight is 512 g/mol. The van der Waals surface area contributed by atoms with Crippen LogP contribution in [0.1, 0.15) is 46.2 Å². The minimum atomic E-state index is -0.220. The fourth-order valence-electron chi connectivity index (χ4n) is 4.73. The highest BCUT2D eigenvalue weighted by molar-refractivity contribution is 7.10. The SMILES string of the molecule is O=C(Nc1ccccc1-c1ccccc1)c1csc(C2CCN(C(=O)CCc3ccccc3O)CC2)n1. The number of nitrogens with one attached hydrogen (secondary N) is 1. The summed E-state index contributed by atoms with van der Waals surface area (Å²) in [6.07, 6.45) is 2.57. The van der Waals surface area contributed by atoms with E-state index in [1.165, 1.54) is 11.3 Å². The maximum Gasteiger partial charge on any atom is 0.275 e. The Balaban J connectivity index is 1.16. The predicted molar refractivity (Wildman–Crippen MR) is 147 cm³/mol. The summed E-state index contributed by atoms with van der Waals surface area (Å²) in [6, 6.07) is 24.9. The van der Waals surface area contributed by atoms with Crippen LogP contribution in [0.25, 0.3) is 11.1 Å². The summed E-state index contributed by atoms with van der Waals surface area (Å²) in [5, 5.41) is 15.7. The van der Waals surface area contributed by atoms with Crippen LogP contribution in [0, 0.1) is 0 Å². The Labute approximate surface area is 220 Å². The summed E-state index contributed by atoms with van der Waals surface area (Å²) in [4.78, 5) is 32.3. The van der Waals surface area contributed by atoms with Crippen molar-refractivity contribution >= 4 is 28.8 Å². The number of hydrogen-bond acceptors (Lipinski definition) is 5. The molecule has 0 atom stereocenters. The lowest BCUT2D eigenvalue weighted by Crippen LogP contribution is -2.38. The van der Waals surface area contributed by atoms with Crippen molar-refractivity contribution in [1.82, 2.24) is 9.88 Å². The first kappa shape index (κ1) is 24.7. The van der Waals surface area contributed by atoms with Crippen LogP contribution in [0.15, 0.2) is 84.2 Å². The smallest absolute Gasteiger partial charge is 0.275 e. The number of piperidine rings is 1. The summed E-state index contributed by atoms with van der Waals surface area (Å²) in [7, 11) is 0. The zero-order valence-corrected chi connectivity index (χ0v) is 21.3. The second-order valence-electron chi connectivity index (χ2n) is 9.22. The summed E-state index contributed by atoms with van der Waals surface area (Å²) >= 11 is 1.51. The van der Waals surface area contributed by atoms with Gasteiger partial charge in [-0.15, -0.1) is 11.3 Å². The molecule has 37 heavy (non-hydrogen) atoms. The number of amides is 2. The lowest BCUT2D eigenvalue weighted by molar-refractivity contribution is -0.132. The standard InChI is InChI=1S/C30H29N3O3S/c34-27-13-7-4-10-22(27)14-15-28(35)33-18-16-23(17-19-33)30-32-26(20-37-30)29(36)31-25-12-6-5-11-24(25)21-8-2-1-3-9-21/h1-13,20,23,34H,14-19H2,(H,31,36). The van der Waals surface area contributed by atoms with E-state index in [2.05, 4.69) is 10.3 Å². The third-order valence-electron chi connectivity index (χ3n) is 6.81. The molecule has 3 aromatic carbocycles. The van der Waals surface area contributed by atoms with Gasteiger partial charge in [-0.25, -0.2) is 4.98 Å². The van der Waals surface area contributed by atoms with Crippen molar-refractivity contribution in [2.75, 3.05) is 18.4 Å². The number of aromatic hydroxyl groups is 1. The molecule has 0 aliphatic carbocycles. The molecule has 5 rings (SSSR count). The molecule has 1 aliphatic heterocycles. The molecule has 2 amide bonds. The van der Waals surface area contributed by atoms with Crippen molar-refractivity contribution in [3.8, 4) is 16.9 Å². The van der Waals surface area contributed by atoms with E-state index in [1.54, 1.807) is 12.1 Å². The number of hydrogen-bond donors (Lipinski definition) is 2. The highest BCUT2D eigenvalue weighted by atomic mass is 32.1. The number of thiazole rings is 1. The Hall–Kier alpha value is -3.97. The molecule has 1 saturated heterocycles. The second kappa shape index (κ2) is 11.4. The van der Waals surface area contributed by atoms with Crippen LogP contribution in [0.4, 0.5) is 5.69 Å². The molecular weight excluding hydrogens is 482 g/mol. The highest BCUT2D eigenvalue weighted by Crippen LogP contribution is 2.32. The number of likely N-dealkylation sites (tertiary alicyclic amines) is 1. The van der Waals surface area contributed by atoms with Crippen LogP contribution in [0.2, 0.25) is 0 Å². The van der Waals surface area contributed by atoms with Crippen LogP contribution in [0.3, 0.4) is 0 Å². The first-order valence-corrected chi connectivity index (χ1v) is 13.4. The minimum absolute atomic E-state index is 0.109. The van der Waals surface area contributed by atoms with Gasteiger partial charge in [-0.2, -0.15) is 0 Å². The number of phenols is 1. The van der Waals surface area contributed by atoms with Gasteiger partial charge in [0.1, 0.15) is 11.4 Å². The molecule has 0 unspecified atom stereocenters. The molecular formula is C30H29N3O3S. The Morgan fingerprint density at radius 3 is 2.43 bits per heavy atom. The van der Waals surface area contributed by atoms with Gasteiger partial charge in [0.05, 0.1) is 5.01 Å². The number of phenolic OH excluding ortho intramolecular Hbond substituents is 1. The van der Waals surface area contributed by atoms with E-state index in [4.69, 9.17) is 0 Å². The fourth-order valence-corrected chi connectivity index (χ4v) is 5.70. The molecule has 1 aliphatic rings. The maximum atomic E-state index is 13.0. The van der Waals surface area contributed by atoms with Crippen molar-refractivity contribution < 1.29 is 14.7 Å². The number of carbonyl (C=O) groups is 2. The predicted octanol–water partition coefficient (Wildman–Crippen LogP) is 6.11. The third-order valence-corrected chi connectivity index (χ3v) is 7.82. The number of nitrogens with zero attached hydrogens (tertiary/aromatic N) is 2. The van der Waals surface area contributed by atoms with E-state index in [-0.39, 0.29) is 23.5 Å². The van der Waals surface area contributed by atoms with E-state index in [0.29, 0.717) is 31.6 Å². The second-order valence-corrected chi connectivity index (χ2v) is 10.1. The number of aryl methyl sites for hydroxylation is 1. The Morgan fingerprint density at radius 1 is 0.946 bits per heavy atom. The van der Waals surface area contributed by atoms with Crippen LogP contribution >= 0.6 is 11.3 Å². The number of anilines is 1. The summed E-state index contributed by atoms with van der Waals surface area (Å²) in [6.45, 7) is 1.35. The first-order chi connectivity index (χ1) is 18.1. The Bertz CT molecular complexity index is 1380. The summed E-state index contributed by atoms with van der Waals surface area (Å²) in [5.41, 5.74) is 3.98. The van der Waals surface area contributed by atoms with Crippen molar-refractivity contribution in [3.63, 3.8) is 0 Å². The van der Waals surface area contributed by atoms with Crippen LogP contribution in [-0.2, 0) is 11.2 Å². The molecule has 0 spiro atoms. The average Bonchev–Trinajstić information content (AvgIpc) is 3.44. The van der Waals surface area contributed by atoms with Gasteiger partial charge in [0.25, 0.3) is 5.91 Å². The fraction of sp³-hybridized carbons (Fsp3) is 0.233. The van der Waals surface area contributed by atoms with E-state index in [0.717, 1.165) is 40.2 Å². The molecule has 7 heteroatoms.